The summed E-state index contributed by atoms with van der Waals surface area (Å²) < 4.78 is 4.46. The maximum atomic E-state index is 4.46. The normalized spacial score (nSPS) is 10.2. The van der Waals surface area contributed by atoms with Crippen molar-refractivity contribution in [3.8, 4) is 0 Å². The Labute approximate surface area is 51.2 Å². The van der Waals surface area contributed by atoms with Crippen molar-refractivity contribution in [3.63, 3.8) is 0 Å². The molecule has 0 aliphatic carbocycles. The molecule has 2 aromatic rings. The molecule has 1 heterocycles. The third-order valence-corrected chi connectivity index (χ3v) is 1.16. The van der Waals surface area contributed by atoms with Crippen molar-refractivity contribution < 1.29 is 4.63 Å². The van der Waals surface area contributed by atoms with E-state index in [1.807, 2.05) is 24.3 Å². The molecule has 0 bridgehead atoms. The topological polar surface area (TPSA) is 38.9 Å². The summed E-state index contributed by atoms with van der Waals surface area (Å²) in [6, 6.07) is 7.50. The second kappa shape index (κ2) is 1.55. The van der Waals surface area contributed by atoms with Crippen LogP contribution in [0.3, 0.4) is 0 Å². The van der Waals surface area contributed by atoms with E-state index in [-0.39, 0.29) is 0 Å². The van der Waals surface area contributed by atoms with Gasteiger partial charge in [-0.15, -0.1) is 0 Å². The number of hydrogen-bond donors (Lipinski definition) is 0. The minimum absolute atomic E-state index is 0.803. The molecule has 1 aromatic carbocycles. The van der Waals surface area contributed by atoms with Gasteiger partial charge in [0.1, 0.15) is 11.0 Å². The highest BCUT2D eigenvalue weighted by molar-refractivity contribution is 5.72. The van der Waals surface area contributed by atoms with Gasteiger partial charge in [-0.05, 0) is 22.4 Å². The average Bonchev–Trinajstić information content (AvgIpc) is 2.33. The molecule has 0 fully saturated rings. The van der Waals surface area contributed by atoms with Gasteiger partial charge in [0.2, 0.25) is 0 Å². The first kappa shape index (κ1) is 4.49. The highest BCUT2D eigenvalue weighted by Gasteiger charge is 1.93. The van der Waals surface area contributed by atoms with E-state index in [4.69, 9.17) is 0 Å². The van der Waals surface area contributed by atoms with Crippen LogP contribution >= 0.6 is 0 Å². The smallest absolute Gasteiger partial charge is 0.135 e. The third kappa shape index (κ3) is 0.579. The van der Waals surface area contributed by atoms with E-state index in [9.17, 15) is 0 Å². The zero-order valence-corrected chi connectivity index (χ0v) is 4.61. The monoisotopic (exact) mass is 120 g/mol. The van der Waals surface area contributed by atoms with E-state index < -0.39 is 0 Å². The van der Waals surface area contributed by atoms with E-state index in [0.29, 0.717) is 0 Å². The Morgan fingerprint density at radius 1 is 1.00 bits per heavy atom. The molecule has 3 nitrogen and oxygen atoms in total. The number of rotatable bonds is 0. The quantitative estimate of drug-likeness (QED) is 0.524. The van der Waals surface area contributed by atoms with Gasteiger partial charge in [0.15, 0.2) is 0 Å². The Hall–Kier alpha value is -1.38. The number of nitrogens with zero attached hydrogens (tertiary/aromatic N) is 2. The van der Waals surface area contributed by atoms with Gasteiger partial charge in [-0.1, -0.05) is 12.1 Å². The minimum atomic E-state index is 0.803. The van der Waals surface area contributed by atoms with Crippen molar-refractivity contribution >= 4 is 11.0 Å². The Morgan fingerprint density at radius 3 is 2.11 bits per heavy atom. The van der Waals surface area contributed by atoms with E-state index in [2.05, 4.69) is 14.9 Å². The fourth-order valence-corrected chi connectivity index (χ4v) is 0.727. The van der Waals surface area contributed by atoms with Crippen molar-refractivity contribution in [2.75, 3.05) is 0 Å². The molecule has 0 spiro atoms. The lowest BCUT2D eigenvalue weighted by Crippen LogP contribution is -1.63. The highest BCUT2D eigenvalue weighted by atomic mass is 16.6. The number of benzene rings is 1. The number of fused-ring (bicyclic) bond motifs is 1. The fourth-order valence-electron chi connectivity index (χ4n) is 0.727. The zero-order chi connectivity index (χ0) is 6.10. The van der Waals surface area contributed by atoms with Gasteiger partial charge in [0, 0.05) is 0 Å². The summed E-state index contributed by atoms with van der Waals surface area (Å²) in [5.74, 6) is 0. The third-order valence-electron chi connectivity index (χ3n) is 1.16. The van der Waals surface area contributed by atoms with Crippen molar-refractivity contribution in [1.82, 2.24) is 10.3 Å². The van der Waals surface area contributed by atoms with Crippen molar-refractivity contribution in [2.24, 2.45) is 0 Å². The molecule has 9 heavy (non-hydrogen) atoms. The molecular formula is C6H4N2O. The summed E-state index contributed by atoms with van der Waals surface area (Å²) in [6.45, 7) is 0. The van der Waals surface area contributed by atoms with E-state index in [1.165, 1.54) is 0 Å². The molecule has 3 heteroatoms. The first-order valence-electron chi connectivity index (χ1n) is 2.64. The van der Waals surface area contributed by atoms with Gasteiger partial charge in [0.25, 0.3) is 0 Å². The van der Waals surface area contributed by atoms with Gasteiger partial charge in [0.05, 0.1) is 0 Å². The van der Waals surface area contributed by atoms with E-state index >= 15 is 0 Å². The van der Waals surface area contributed by atoms with Gasteiger partial charge >= 0.3 is 0 Å². The van der Waals surface area contributed by atoms with E-state index in [1.54, 1.807) is 0 Å². The van der Waals surface area contributed by atoms with Crippen LogP contribution in [0.4, 0.5) is 0 Å². The predicted molar refractivity (Wildman–Crippen MR) is 31.8 cm³/mol. The average molecular weight is 120 g/mol. The first-order chi connectivity index (χ1) is 4.47. The first-order valence-corrected chi connectivity index (χ1v) is 2.64. The van der Waals surface area contributed by atoms with E-state index in [0.717, 1.165) is 11.0 Å². The van der Waals surface area contributed by atoms with Gasteiger partial charge in [-0.3, -0.25) is 0 Å². The van der Waals surface area contributed by atoms with Crippen LogP contribution in [-0.2, 0) is 0 Å². The molecule has 1 aromatic heterocycles. The molecule has 0 saturated heterocycles. The number of hydrogen-bond acceptors (Lipinski definition) is 3. The molecule has 0 amide bonds. The van der Waals surface area contributed by atoms with Gasteiger partial charge in [-0.2, -0.15) is 0 Å². The molecular weight excluding hydrogens is 116 g/mol. The Bertz CT molecular complexity index is 285. The highest BCUT2D eigenvalue weighted by Crippen LogP contribution is 2.05. The second-order valence-corrected chi connectivity index (χ2v) is 1.75. The van der Waals surface area contributed by atoms with Crippen molar-refractivity contribution in [1.29, 1.82) is 0 Å². The molecule has 0 unspecified atom stereocenters. The Morgan fingerprint density at radius 2 is 1.56 bits per heavy atom. The second-order valence-electron chi connectivity index (χ2n) is 1.75. The largest absolute Gasteiger partial charge is 0.243 e. The van der Waals surface area contributed by atoms with Crippen LogP contribution in [0, 0.1) is 0 Å². The van der Waals surface area contributed by atoms with Crippen LogP contribution in [0.5, 0.6) is 0 Å². The molecule has 2 rings (SSSR count). The number of aromatic nitrogens is 2. The van der Waals surface area contributed by atoms with Crippen LogP contribution in [0.1, 0.15) is 0 Å². The molecule has 0 radical (unpaired) electrons. The molecule has 0 aliphatic heterocycles. The lowest BCUT2D eigenvalue weighted by atomic mass is 10.3. The predicted octanol–water partition coefficient (Wildman–Crippen LogP) is 1.22. The van der Waals surface area contributed by atoms with Crippen LogP contribution < -0.4 is 0 Å². The van der Waals surface area contributed by atoms with Gasteiger partial charge in [-0.25, -0.2) is 4.63 Å². The van der Waals surface area contributed by atoms with Crippen LogP contribution in [0.25, 0.3) is 11.0 Å². The van der Waals surface area contributed by atoms with Gasteiger partial charge < -0.3 is 0 Å². The Kier molecular flexibility index (Phi) is 0.773. The van der Waals surface area contributed by atoms with Crippen molar-refractivity contribution in [2.45, 2.75) is 0 Å². The molecule has 0 saturated carbocycles. The molecule has 0 atom stereocenters. The molecule has 0 aliphatic rings. The standard InChI is InChI=1S/C6H4N2O/c1-2-4-6-5(3-1)7-9-8-6/h1-4H. The summed E-state index contributed by atoms with van der Waals surface area (Å²) in [4.78, 5) is 0. The maximum Gasteiger partial charge on any atom is 0.135 e. The van der Waals surface area contributed by atoms with Crippen LogP contribution in [0.15, 0.2) is 28.9 Å². The zero-order valence-electron chi connectivity index (χ0n) is 4.61. The summed E-state index contributed by atoms with van der Waals surface area (Å²) in [5.41, 5.74) is 1.61. The summed E-state index contributed by atoms with van der Waals surface area (Å²) in [7, 11) is 0. The minimum Gasteiger partial charge on any atom is -0.243 e. The summed E-state index contributed by atoms with van der Waals surface area (Å²) in [6.07, 6.45) is 0. The summed E-state index contributed by atoms with van der Waals surface area (Å²) in [5, 5.41) is 7.27. The van der Waals surface area contributed by atoms with Crippen LogP contribution in [0.2, 0.25) is 0 Å². The lowest BCUT2D eigenvalue weighted by Gasteiger charge is -1.76. The lowest BCUT2D eigenvalue weighted by molar-refractivity contribution is 0.315. The molecule has 0 N–H and O–H groups in total. The van der Waals surface area contributed by atoms with Crippen molar-refractivity contribution in [3.05, 3.63) is 24.3 Å². The van der Waals surface area contributed by atoms with Crippen LogP contribution in [-0.4, -0.2) is 10.3 Å². The SMILES string of the molecule is c1ccc2nonc2c1. The maximum absolute atomic E-state index is 4.46. The Balaban J connectivity index is 2.95. The fraction of sp³-hybridized carbons (Fsp3) is 0. The summed E-state index contributed by atoms with van der Waals surface area (Å²) >= 11 is 0. The molecule has 44 valence electrons.